The lowest BCUT2D eigenvalue weighted by Gasteiger charge is -2.36. The molecule has 0 unspecified atom stereocenters. The third-order valence-corrected chi connectivity index (χ3v) is 3.79. The SMILES string of the molecule is NCC1(c2ccc(O)c(O)c2)CCCCC1. The summed E-state index contributed by atoms with van der Waals surface area (Å²) in [7, 11) is 0. The Morgan fingerprint density at radius 3 is 2.31 bits per heavy atom. The fourth-order valence-electron chi connectivity index (χ4n) is 2.69. The minimum Gasteiger partial charge on any atom is -0.504 e. The Bertz CT molecular complexity index is 370. The van der Waals surface area contributed by atoms with Crippen LogP contribution < -0.4 is 5.73 Å². The molecule has 3 heteroatoms. The summed E-state index contributed by atoms with van der Waals surface area (Å²) in [6, 6.07) is 5.09. The molecular weight excluding hydrogens is 202 g/mol. The molecule has 3 nitrogen and oxygen atoms in total. The highest BCUT2D eigenvalue weighted by atomic mass is 16.3. The predicted molar refractivity (Wildman–Crippen MR) is 63.6 cm³/mol. The Labute approximate surface area is 95.9 Å². The van der Waals surface area contributed by atoms with Gasteiger partial charge in [0.2, 0.25) is 0 Å². The quantitative estimate of drug-likeness (QED) is 0.671. The maximum absolute atomic E-state index is 9.55. The maximum Gasteiger partial charge on any atom is 0.157 e. The lowest BCUT2D eigenvalue weighted by molar-refractivity contribution is 0.299. The van der Waals surface area contributed by atoms with Crippen LogP contribution in [0.4, 0.5) is 0 Å². The molecule has 0 saturated heterocycles. The van der Waals surface area contributed by atoms with Crippen LogP contribution in [0.1, 0.15) is 37.7 Å². The summed E-state index contributed by atoms with van der Waals surface area (Å²) in [6.07, 6.45) is 5.81. The number of rotatable bonds is 2. The van der Waals surface area contributed by atoms with Gasteiger partial charge in [0.1, 0.15) is 0 Å². The van der Waals surface area contributed by atoms with Gasteiger partial charge in [-0.15, -0.1) is 0 Å². The van der Waals surface area contributed by atoms with E-state index in [1.807, 2.05) is 6.07 Å². The average molecular weight is 221 g/mol. The second kappa shape index (κ2) is 4.34. The molecule has 0 spiro atoms. The molecule has 1 fully saturated rings. The summed E-state index contributed by atoms with van der Waals surface area (Å²) in [4.78, 5) is 0. The van der Waals surface area contributed by atoms with Crippen LogP contribution in [0, 0.1) is 0 Å². The second-order valence-electron chi connectivity index (χ2n) is 4.75. The van der Waals surface area contributed by atoms with E-state index in [4.69, 9.17) is 5.73 Å². The Balaban J connectivity index is 2.35. The van der Waals surface area contributed by atoms with E-state index < -0.39 is 0 Å². The van der Waals surface area contributed by atoms with Crippen molar-refractivity contribution in [2.75, 3.05) is 6.54 Å². The van der Waals surface area contributed by atoms with Gasteiger partial charge in [-0.05, 0) is 30.5 Å². The van der Waals surface area contributed by atoms with Crippen molar-refractivity contribution in [3.05, 3.63) is 23.8 Å². The summed E-state index contributed by atoms with van der Waals surface area (Å²) < 4.78 is 0. The van der Waals surface area contributed by atoms with Crippen molar-refractivity contribution in [2.45, 2.75) is 37.5 Å². The van der Waals surface area contributed by atoms with Gasteiger partial charge in [-0.25, -0.2) is 0 Å². The molecule has 16 heavy (non-hydrogen) atoms. The highest BCUT2D eigenvalue weighted by molar-refractivity contribution is 5.43. The van der Waals surface area contributed by atoms with Crippen LogP contribution in [0.2, 0.25) is 0 Å². The summed E-state index contributed by atoms with van der Waals surface area (Å²) in [5.74, 6) is -0.109. The van der Waals surface area contributed by atoms with Gasteiger partial charge in [0.25, 0.3) is 0 Å². The molecule has 2 rings (SSSR count). The van der Waals surface area contributed by atoms with Crippen LogP contribution in [0.5, 0.6) is 11.5 Å². The van der Waals surface area contributed by atoms with Gasteiger partial charge < -0.3 is 15.9 Å². The van der Waals surface area contributed by atoms with Crippen LogP contribution in [0.3, 0.4) is 0 Å². The van der Waals surface area contributed by atoms with Gasteiger partial charge in [0, 0.05) is 12.0 Å². The van der Waals surface area contributed by atoms with Crippen LogP contribution in [-0.4, -0.2) is 16.8 Å². The molecule has 1 aliphatic carbocycles. The van der Waals surface area contributed by atoms with Crippen LogP contribution in [0.15, 0.2) is 18.2 Å². The molecule has 0 amide bonds. The number of benzene rings is 1. The van der Waals surface area contributed by atoms with E-state index in [1.165, 1.54) is 19.3 Å². The molecule has 1 aromatic rings. The normalized spacial score (nSPS) is 19.6. The van der Waals surface area contributed by atoms with E-state index in [0.717, 1.165) is 18.4 Å². The molecule has 0 aliphatic heterocycles. The van der Waals surface area contributed by atoms with E-state index in [-0.39, 0.29) is 16.9 Å². The first-order chi connectivity index (χ1) is 7.68. The topological polar surface area (TPSA) is 66.5 Å². The average Bonchev–Trinajstić information content (AvgIpc) is 2.33. The molecule has 1 saturated carbocycles. The highest BCUT2D eigenvalue weighted by Gasteiger charge is 2.32. The predicted octanol–water partition coefficient (Wildman–Crippen LogP) is 2.26. The van der Waals surface area contributed by atoms with E-state index in [2.05, 4.69) is 0 Å². The van der Waals surface area contributed by atoms with E-state index in [1.54, 1.807) is 12.1 Å². The fraction of sp³-hybridized carbons (Fsp3) is 0.538. The summed E-state index contributed by atoms with van der Waals surface area (Å²) in [6.45, 7) is 0.608. The molecule has 4 N–H and O–H groups in total. The minimum atomic E-state index is -0.0632. The van der Waals surface area contributed by atoms with Crippen LogP contribution >= 0.6 is 0 Å². The minimum absolute atomic E-state index is 0.00340. The van der Waals surface area contributed by atoms with E-state index in [9.17, 15) is 10.2 Å². The second-order valence-corrected chi connectivity index (χ2v) is 4.75. The highest BCUT2D eigenvalue weighted by Crippen LogP contribution is 2.41. The van der Waals surface area contributed by atoms with Crippen LogP contribution in [-0.2, 0) is 5.41 Å². The van der Waals surface area contributed by atoms with Gasteiger partial charge in [-0.2, -0.15) is 0 Å². The van der Waals surface area contributed by atoms with Crippen molar-refractivity contribution in [1.29, 1.82) is 0 Å². The maximum atomic E-state index is 9.55. The third kappa shape index (κ3) is 1.87. The van der Waals surface area contributed by atoms with Gasteiger partial charge in [0.05, 0.1) is 0 Å². The molecule has 0 heterocycles. The lowest BCUT2D eigenvalue weighted by atomic mass is 9.69. The molecule has 0 bridgehead atoms. The third-order valence-electron chi connectivity index (χ3n) is 3.79. The number of phenols is 2. The van der Waals surface area contributed by atoms with Crippen molar-refractivity contribution in [3.8, 4) is 11.5 Å². The monoisotopic (exact) mass is 221 g/mol. The summed E-state index contributed by atoms with van der Waals surface area (Å²) in [5, 5.41) is 18.9. The van der Waals surface area contributed by atoms with Crippen molar-refractivity contribution in [1.82, 2.24) is 0 Å². The number of nitrogens with two attached hydrogens (primary N) is 1. The van der Waals surface area contributed by atoms with Gasteiger partial charge in [-0.3, -0.25) is 0 Å². The molecule has 88 valence electrons. The Morgan fingerprint density at radius 2 is 1.75 bits per heavy atom. The first-order valence-corrected chi connectivity index (χ1v) is 5.90. The Hall–Kier alpha value is -1.22. The van der Waals surface area contributed by atoms with Gasteiger partial charge >= 0.3 is 0 Å². The zero-order valence-corrected chi connectivity index (χ0v) is 9.45. The number of hydrogen-bond acceptors (Lipinski definition) is 3. The summed E-state index contributed by atoms with van der Waals surface area (Å²) >= 11 is 0. The molecule has 0 atom stereocenters. The van der Waals surface area contributed by atoms with Crippen LogP contribution in [0.25, 0.3) is 0 Å². The van der Waals surface area contributed by atoms with E-state index >= 15 is 0 Å². The molecule has 0 radical (unpaired) electrons. The smallest absolute Gasteiger partial charge is 0.157 e. The fourth-order valence-corrected chi connectivity index (χ4v) is 2.69. The first kappa shape index (κ1) is 11.3. The molecule has 1 aliphatic rings. The van der Waals surface area contributed by atoms with Gasteiger partial charge in [-0.1, -0.05) is 25.3 Å². The van der Waals surface area contributed by atoms with Gasteiger partial charge in [0.15, 0.2) is 11.5 Å². The number of aromatic hydroxyl groups is 2. The molecule has 0 aromatic heterocycles. The zero-order valence-electron chi connectivity index (χ0n) is 9.45. The number of hydrogen-bond donors (Lipinski definition) is 3. The summed E-state index contributed by atoms with van der Waals surface area (Å²) in [5.41, 5.74) is 6.98. The number of phenolic OH excluding ortho intramolecular Hbond substituents is 2. The largest absolute Gasteiger partial charge is 0.504 e. The van der Waals surface area contributed by atoms with Crippen molar-refractivity contribution >= 4 is 0 Å². The van der Waals surface area contributed by atoms with E-state index in [0.29, 0.717) is 6.54 Å². The first-order valence-electron chi connectivity index (χ1n) is 5.90. The Morgan fingerprint density at radius 1 is 1.06 bits per heavy atom. The van der Waals surface area contributed by atoms with Crippen molar-refractivity contribution < 1.29 is 10.2 Å². The molecule has 1 aromatic carbocycles. The zero-order chi connectivity index (χ0) is 11.6. The standard InChI is InChI=1S/C13H19NO2/c14-9-13(6-2-1-3-7-13)10-4-5-11(15)12(16)8-10/h4-5,8,15-16H,1-3,6-7,9,14H2. The lowest BCUT2D eigenvalue weighted by Crippen LogP contribution is -2.37. The molecular formula is C13H19NO2. The van der Waals surface area contributed by atoms with Crippen molar-refractivity contribution in [3.63, 3.8) is 0 Å². The Kier molecular flexibility index (Phi) is 3.06. The van der Waals surface area contributed by atoms with Crippen molar-refractivity contribution in [2.24, 2.45) is 5.73 Å².